The van der Waals surface area contributed by atoms with Gasteiger partial charge in [-0.15, -0.1) is 0 Å². The van der Waals surface area contributed by atoms with Crippen molar-refractivity contribution in [2.75, 3.05) is 13.1 Å². The van der Waals surface area contributed by atoms with Crippen LogP contribution in [0.3, 0.4) is 0 Å². The lowest BCUT2D eigenvalue weighted by Gasteiger charge is -2.30. The lowest BCUT2D eigenvalue weighted by Crippen LogP contribution is -2.40. The highest BCUT2D eigenvalue weighted by Gasteiger charge is 2.28. The van der Waals surface area contributed by atoms with Crippen LogP contribution < -0.4 is 0 Å². The first-order valence-electron chi connectivity index (χ1n) is 8.04. The van der Waals surface area contributed by atoms with Gasteiger partial charge in [0.05, 0.1) is 5.69 Å². The predicted octanol–water partition coefficient (Wildman–Crippen LogP) is 2.64. The van der Waals surface area contributed by atoms with E-state index in [1.807, 2.05) is 18.7 Å². The number of rotatable bonds is 2. The van der Waals surface area contributed by atoms with Crippen LogP contribution in [0.2, 0.25) is 0 Å². The van der Waals surface area contributed by atoms with Crippen LogP contribution in [0.25, 0.3) is 0 Å². The standard InChI is InChI=1S/C16H25N3O/c1-12(16(20)18-10-6-3-7-11-18)19-13(2)17-14-8-4-5-9-15(14)19/h12H,3-11H2,1-2H3. The number of piperidine rings is 1. The summed E-state index contributed by atoms with van der Waals surface area (Å²) in [4.78, 5) is 19.4. The Hall–Kier alpha value is -1.32. The number of aryl methyl sites for hydroxylation is 2. The second-order valence-corrected chi connectivity index (χ2v) is 6.19. The van der Waals surface area contributed by atoms with Crippen LogP contribution in [0, 0.1) is 6.92 Å². The zero-order valence-corrected chi connectivity index (χ0v) is 12.7. The highest BCUT2D eigenvalue weighted by Crippen LogP contribution is 2.26. The first kappa shape index (κ1) is 13.7. The van der Waals surface area contributed by atoms with Crippen LogP contribution in [0.15, 0.2) is 0 Å². The van der Waals surface area contributed by atoms with E-state index < -0.39 is 0 Å². The van der Waals surface area contributed by atoms with Gasteiger partial charge in [0, 0.05) is 18.8 Å². The summed E-state index contributed by atoms with van der Waals surface area (Å²) in [6, 6.07) is -0.0950. The van der Waals surface area contributed by atoms with Gasteiger partial charge in [-0.1, -0.05) is 0 Å². The van der Waals surface area contributed by atoms with Crippen LogP contribution in [0.4, 0.5) is 0 Å². The van der Waals surface area contributed by atoms with Gasteiger partial charge in [0.2, 0.25) is 5.91 Å². The van der Waals surface area contributed by atoms with Gasteiger partial charge in [-0.05, 0) is 58.8 Å². The van der Waals surface area contributed by atoms with Gasteiger partial charge in [0.15, 0.2) is 0 Å². The predicted molar refractivity (Wildman–Crippen MR) is 78.7 cm³/mol. The molecule has 4 heteroatoms. The first-order valence-corrected chi connectivity index (χ1v) is 8.04. The summed E-state index contributed by atoms with van der Waals surface area (Å²) in [5.74, 6) is 1.29. The fourth-order valence-corrected chi connectivity index (χ4v) is 3.70. The van der Waals surface area contributed by atoms with Crippen molar-refractivity contribution in [2.24, 2.45) is 0 Å². The molecule has 1 atom stereocenters. The maximum absolute atomic E-state index is 12.7. The zero-order valence-electron chi connectivity index (χ0n) is 12.7. The molecule has 1 aliphatic heterocycles. The lowest BCUT2D eigenvalue weighted by atomic mass is 10.0. The molecule has 2 heterocycles. The summed E-state index contributed by atoms with van der Waals surface area (Å²) in [5, 5.41) is 0. The van der Waals surface area contributed by atoms with Gasteiger partial charge in [-0.2, -0.15) is 0 Å². The number of amides is 1. The van der Waals surface area contributed by atoms with E-state index in [-0.39, 0.29) is 11.9 Å². The lowest BCUT2D eigenvalue weighted by molar-refractivity contribution is -0.135. The van der Waals surface area contributed by atoms with E-state index >= 15 is 0 Å². The molecule has 110 valence electrons. The largest absolute Gasteiger partial charge is 0.341 e. The molecule has 1 aromatic heterocycles. The van der Waals surface area contributed by atoms with E-state index in [9.17, 15) is 4.79 Å². The summed E-state index contributed by atoms with van der Waals surface area (Å²) in [7, 11) is 0. The molecule has 3 rings (SSSR count). The molecule has 0 N–H and O–H groups in total. The average molecular weight is 275 g/mol. The highest BCUT2D eigenvalue weighted by molar-refractivity contribution is 5.80. The first-order chi connectivity index (χ1) is 9.68. The molecule has 4 nitrogen and oxygen atoms in total. The van der Waals surface area contributed by atoms with E-state index in [1.54, 1.807) is 0 Å². The molecule has 0 bridgehead atoms. The highest BCUT2D eigenvalue weighted by atomic mass is 16.2. The van der Waals surface area contributed by atoms with Crippen LogP contribution in [0.1, 0.15) is 62.3 Å². The van der Waals surface area contributed by atoms with Gasteiger partial charge < -0.3 is 9.47 Å². The Morgan fingerprint density at radius 1 is 1.10 bits per heavy atom. The molecule has 2 aliphatic rings. The number of fused-ring (bicyclic) bond motifs is 1. The molecule has 1 aromatic rings. The van der Waals surface area contributed by atoms with Crippen molar-refractivity contribution < 1.29 is 4.79 Å². The Bertz CT molecular complexity index is 500. The minimum atomic E-state index is -0.0950. The molecule has 1 amide bonds. The number of imidazole rings is 1. The third-order valence-corrected chi connectivity index (χ3v) is 4.76. The maximum atomic E-state index is 12.7. The van der Waals surface area contributed by atoms with Crippen LogP contribution in [-0.2, 0) is 17.6 Å². The molecule has 1 aliphatic carbocycles. The Kier molecular flexibility index (Phi) is 3.81. The Balaban J connectivity index is 1.84. The Morgan fingerprint density at radius 2 is 1.80 bits per heavy atom. The van der Waals surface area contributed by atoms with Gasteiger partial charge in [-0.3, -0.25) is 4.79 Å². The monoisotopic (exact) mass is 275 g/mol. The maximum Gasteiger partial charge on any atom is 0.245 e. The Morgan fingerprint density at radius 3 is 2.55 bits per heavy atom. The molecular weight excluding hydrogens is 250 g/mol. The quantitative estimate of drug-likeness (QED) is 0.832. The molecule has 1 unspecified atom stereocenters. The molecule has 0 aromatic carbocycles. The molecule has 0 saturated carbocycles. The second kappa shape index (κ2) is 5.58. The number of carbonyl (C=O) groups is 1. The van der Waals surface area contributed by atoms with Crippen LogP contribution >= 0.6 is 0 Å². The number of nitrogens with zero attached hydrogens (tertiary/aromatic N) is 3. The number of hydrogen-bond acceptors (Lipinski definition) is 2. The molecule has 0 radical (unpaired) electrons. The van der Waals surface area contributed by atoms with Crippen molar-refractivity contribution in [1.82, 2.24) is 14.5 Å². The fourth-order valence-electron chi connectivity index (χ4n) is 3.70. The van der Waals surface area contributed by atoms with Crippen LogP contribution in [-0.4, -0.2) is 33.4 Å². The van der Waals surface area contributed by atoms with Crippen molar-refractivity contribution in [2.45, 2.75) is 64.8 Å². The van der Waals surface area contributed by atoms with Gasteiger partial charge in [-0.25, -0.2) is 4.98 Å². The number of hydrogen-bond donors (Lipinski definition) is 0. The van der Waals surface area contributed by atoms with Gasteiger partial charge in [0.1, 0.15) is 11.9 Å². The minimum absolute atomic E-state index is 0.0950. The van der Waals surface area contributed by atoms with Crippen molar-refractivity contribution in [3.05, 3.63) is 17.2 Å². The van der Waals surface area contributed by atoms with Crippen molar-refractivity contribution >= 4 is 5.91 Å². The van der Waals surface area contributed by atoms with Crippen molar-refractivity contribution in [3.8, 4) is 0 Å². The SMILES string of the molecule is Cc1nc2c(n1C(C)C(=O)N1CCCCC1)CCCC2. The van der Waals surface area contributed by atoms with E-state index in [1.165, 1.54) is 30.7 Å². The third kappa shape index (κ3) is 2.36. The fraction of sp³-hybridized carbons (Fsp3) is 0.750. The summed E-state index contributed by atoms with van der Waals surface area (Å²) >= 11 is 0. The van der Waals surface area contributed by atoms with E-state index in [4.69, 9.17) is 4.98 Å². The van der Waals surface area contributed by atoms with E-state index in [2.05, 4.69) is 4.57 Å². The topological polar surface area (TPSA) is 38.1 Å². The summed E-state index contributed by atoms with van der Waals surface area (Å²) < 4.78 is 2.20. The summed E-state index contributed by atoms with van der Waals surface area (Å²) in [5.41, 5.74) is 2.54. The summed E-state index contributed by atoms with van der Waals surface area (Å²) in [6.07, 6.45) is 8.18. The number of aromatic nitrogens is 2. The third-order valence-electron chi connectivity index (χ3n) is 4.76. The molecule has 1 fully saturated rings. The van der Waals surface area contributed by atoms with E-state index in [0.29, 0.717) is 0 Å². The van der Waals surface area contributed by atoms with Crippen molar-refractivity contribution in [3.63, 3.8) is 0 Å². The number of likely N-dealkylation sites (tertiary alicyclic amines) is 1. The minimum Gasteiger partial charge on any atom is -0.341 e. The zero-order chi connectivity index (χ0) is 14.1. The van der Waals surface area contributed by atoms with Crippen LogP contribution in [0.5, 0.6) is 0 Å². The molecular formula is C16H25N3O. The molecule has 20 heavy (non-hydrogen) atoms. The van der Waals surface area contributed by atoms with E-state index in [0.717, 1.165) is 44.6 Å². The van der Waals surface area contributed by atoms with Gasteiger partial charge in [0.25, 0.3) is 0 Å². The normalized spacial score (nSPS) is 20.6. The van der Waals surface area contributed by atoms with Gasteiger partial charge >= 0.3 is 0 Å². The number of carbonyl (C=O) groups excluding carboxylic acids is 1. The Labute approximate surface area is 121 Å². The average Bonchev–Trinajstić information content (AvgIpc) is 2.82. The van der Waals surface area contributed by atoms with Crippen molar-refractivity contribution in [1.29, 1.82) is 0 Å². The smallest absolute Gasteiger partial charge is 0.245 e. The summed E-state index contributed by atoms with van der Waals surface area (Å²) in [6.45, 7) is 5.94. The second-order valence-electron chi connectivity index (χ2n) is 6.19. The molecule has 1 saturated heterocycles. The molecule has 0 spiro atoms.